The predicted octanol–water partition coefficient (Wildman–Crippen LogP) is 2.56. The van der Waals surface area contributed by atoms with Crippen LogP contribution in [0.15, 0.2) is 24.5 Å². The van der Waals surface area contributed by atoms with Crippen LogP contribution in [-0.4, -0.2) is 64.9 Å². The van der Waals surface area contributed by atoms with E-state index in [1.807, 2.05) is 0 Å². The van der Waals surface area contributed by atoms with Gasteiger partial charge in [-0.15, -0.1) is 0 Å². The van der Waals surface area contributed by atoms with E-state index < -0.39 is 11.7 Å². The molecule has 1 saturated heterocycles. The molecule has 0 spiro atoms. The number of amides is 2. The molecule has 1 aliphatic carbocycles. The van der Waals surface area contributed by atoms with Crippen molar-refractivity contribution >= 4 is 28.5 Å². The number of carbonyl (C=O) groups is 2. The molecule has 1 aliphatic heterocycles. The second-order valence-corrected chi connectivity index (χ2v) is 9.21. The predicted molar refractivity (Wildman–Crippen MR) is 121 cm³/mol. The standard InChI is InChI=1S/C23H29F3N6O2/c1-14(33)30-17-5-2-15(3-6-17)10-32-11-18(12-32)31-21(34)9-27-22-19-8-16(23(24,25)26)4-7-20(19)28-13-29-22/h4,7-8,13,15,17-18H,2-3,5-6,9-12H2,1H3,(H,30,33)(H,31,34)(H,27,28,29). The third-order valence-corrected chi connectivity index (χ3v) is 6.47. The van der Waals surface area contributed by atoms with Gasteiger partial charge in [0.25, 0.3) is 0 Å². The number of hydrogen-bond acceptors (Lipinski definition) is 6. The lowest BCUT2D eigenvalue weighted by Crippen LogP contribution is -2.60. The molecule has 3 N–H and O–H groups in total. The summed E-state index contributed by atoms with van der Waals surface area (Å²) in [6.45, 7) is 4.01. The zero-order valence-electron chi connectivity index (χ0n) is 19.0. The highest BCUT2D eigenvalue weighted by Crippen LogP contribution is 2.32. The van der Waals surface area contributed by atoms with Crippen molar-refractivity contribution in [1.29, 1.82) is 0 Å². The molecule has 0 bridgehead atoms. The first-order valence-corrected chi connectivity index (χ1v) is 11.5. The highest BCUT2D eigenvalue weighted by molar-refractivity contribution is 5.91. The molecule has 8 nitrogen and oxygen atoms in total. The summed E-state index contributed by atoms with van der Waals surface area (Å²) in [6, 6.07) is 3.60. The summed E-state index contributed by atoms with van der Waals surface area (Å²) >= 11 is 0. The number of benzene rings is 1. The Labute approximate surface area is 195 Å². The van der Waals surface area contributed by atoms with Crippen molar-refractivity contribution in [1.82, 2.24) is 25.5 Å². The zero-order valence-corrected chi connectivity index (χ0v) is 19.0. The summed E-state index contributed by atoms with van der Waals surface area (Å²) in [5, 5.41) is 9.00. The van der Waals surface area contributed by atoms with E-state index in [9.17, 15) is 22.8 Å². The Hall–Kier alpha value is -2.95. The summed E-state index contributed by atoms with van der Waals surface area (Å²) in [5.74, 6) is 0.588. The van der Waals surface area contributed by atoms with Gasteiger partial charge in [0.2, 0.25) is 11.8 Å². The number of anilines is 1. The number of alkyl halides is 3. The van der Waals surface area contributed by atoms with Crippen LogP contribution in [0, 0.1) is 5.92 Å². The maximum Gasteiger partial charge on any atom is 0.416 e. The molecule has 0 atom stereocenters. The van der Waals surface area contributed by atoms with Crippen LogP contribution in [0.25, 0.3) is 10.9 Å². The van der Waals surface area contributed by atoms with Gasteiger partial charge in [0, 0.05) is 38.0 Å². The molecule has 1 saturated carbocycles. The minimum absolute atomic E-state index is 0.0261. The molecule has 2 aromatic rings. The number of aromatic nitrogens is 2. The fourth-order valence-corrected chi connectivity index (χ4v) is 4.77. The van der Waals surface area contributed by atoms with Crippen molar-refractivity contribution in [2.75, 3.05) is 31.5 Å². The van der Waals surface area contributed by atoms with Crippen molar-refractivity contribution in [3.05, 3.63) is 30.1 Å². The summed E-state index contributed by atoms with van der Waals surface area (Å²) in [7, 11) is 0. The number of nitrogens with one attached hydrogen (secondary N) is 3. The van der Waals surface area contributed by atoms with Gasteiger partial charge in [-0.1, -0.05) is 0 Å². The average Bonchev–Trinajstić information content (AvgIpc) is 2.76. The van der Waals surface area contributed by atoms with Crippen molar-refractivity contribution in [2.45, 2.75) is 50.9 Å². The topological polar surface area (TPSA) is 99.2 Å². The molecule has 1 aromatic carbocycles. The molecule has 1 aromatic heterocycles. The Balaban J connectivity index is 1.20. The molecule has 2 amide bonds. The van der Waals surface area contributed by atoms with Gasteiger partial charge in [0.05, 0.1) is 23.7 Å². The van der Waals surface area contributed by atoms with E-state index in [0.717, 1.165) is 57.5 Å². The summed E-state index contributed by atoms with van der Waals surface area (Å²) in [5.41, 5.74) is -0.424. The number of likely N-dealkylation sites (tertiary alicyclic amines) is 1. The third kappa shape index (κ3) is 6.13. The molecular formula is C23H29F3N6O2. The van der Waals surface area contributed by atoms with Crippen LogP contribution < -0.4 is 16.0 Å². The Kier molecular flexibility index (Phi) is 7.20. The van der Waals surface area contributed by atoms with Crippen LogP contribution in [-0.2, 0) is 15.8 Å². The van der Waals surface area contributed by atoms with Crippen LogP contribution in [0.4, 0.5) is 19.0 Å². The third-order valence-electron chi connectivity index (χ3n) is 6.47. The second-order valence-electron chi connectivity index (χ2n) is 9.21. The first-order valence-electron chi connectivity index (χ1n) is 11.5. The molecule has 2 heterocycles. The van der Waals surface area contributed by atoms with Crippen molar-refractivity contribution < 1.29 is 22.8 Å². The SMILES string of the molecule is CC(=O)NC1CCC(CN2CC(NC(=O)CNc3ncnc4ccc(C(F)(F)F)cc34)C2)CC1. The lowest BCUT2D eigenvalue weighted by Gasteiger charge is -2.42. The van der Waals surface area contributed by atoms with Gasteiger partial charge in [-0.2, -0.15) is 13.2 Å². The number of fused-ring (bicyclic) bond motifs is 1. The van der Waals surface area contributed by atoms with E-state index in [1.54, 1.807) is 6.92 Å². The monoisotopic (exact) mass is 478 g/mol. The van der Waals surface area contributed by atoms with Crippen LogP contribution in [0.5, 0.6) is 0 Å². The first kappa shape index (κ1) is 24.2. The van der Waals surface area contributed by atoms with Crippen molar-refractivity contribution in [2.24, 2.45) is 5.92 Å². The molecule has 0 unspecified atom stereocenters. The Bertz CT molecular complexity index is 1030. The van der Waals surface area contributed by atoms with Crippen LogP contribution >= 0.6 is 0 Å². The normalized spacial score (nSPS) is 21.6. The van der Waals surface area contributed by atoms with Gasteiger partial charge in [0.15, 0.2) is 0 Å². The average molecular weight is 479 g/mol. The molecule has 11 heteroatoms. The smallest absolute Gasteiger partial charge is 0.360 e. The van der Waals surface area contributed by atoms with Gasteiger partial charge >= 0.3 is 6.18 Å². The molecule has 2 fully saturated rings. The summed E-state index contributed by atoms with van der Waals surface area (Å²) in [6.07, 6.45) is 0.970. The minimum atomic E-state index is -4.47. The number of carbonyl (C=O) groups excluding carboxylic acids is 2. The first-order chi connectivity index (χ1) is 16.2. The van der Waals surface area contributed by atoms with Gasteiger partial charge in [-0.25, -0.2) is 9.97 Å². The lowest BCUT2D eigenvalue weighted by atomic mass is 9.85. The Morgan fingerprint density at radius 1 is 1.06 bits per heavy atom. The highest BCUT2D eigenvalue weighted by atomic mass is 19.4. The van der Waals surface area contributed by atoms with E-state index in [1.165, 1.54) is 12.4 Å². The van der Waals surface area contributed by atoms with Gasteiger partial charge in [0.1, 0.15) is 12.1 Å². The zero-order chi connectivity index (χ0) is 24.3. The number of nitrogens with zero attached hydrogens (tertiary/aromatic N) is 3. The fraction of sp³-hybridized carbons (Fsp3) is 0.565. The second kappa shape index (κ2) is 10.1. The fourth-order valence-electron chi connectivity index (χ4n) is 4.77. The van der Waals surface area contributed by atoms with Gasteiger partial charge in [-0.05, 0) is 49.8 Å². The molecule has 184 valence electrons. The number of halogens is 3. The van der Waals surface area contributed by atoms with E-state index in [0.29, 0.717) is 11.4 Å². The number of hydrogen-bond donors (Lipinski definition) is 3. The minimum Gasteiger partial charge on any atom is -0.360 e. The van der Waals surface area contributed by atoms with Crippen molar-refractivity contribution in [3.63, 3.8) is 0 Å². The van der Waals surface area contributed by atoms with E-state index in [-0.39, 0.29) is 41.6 Å². The van der Waals surface area contributed by atoms with E-state index >= 15 is 0 Å². The maximum atomic E-state index is 13.0. The summed E-state index contributed by atoms with van der Waals surface area (Å²) in [4.78, 5) is 33.9. The lowest BCUT2D eigenvalue weighted by molar-refractivity contribution is -0.137. The quantitative estimate of drug-likeness (QED) is 0.566. The molecule has 4 rings (SSSR count). The van der Waals surface area contributed by atoms with Crippen LogP contribution in [0.2, 0.25) is 0 Å². The summed E-state index contributed by atoms with van der Waals surface area (Å²) < 4.78 is 39.1. The van der Waals surface area contributed by atoms with Crippen molar-refractivity contribution in [3.8, 4) is 0 Å². The van der Waals surface area contributed by atoms with Crippen LogP contribution in [0.1, 0.15) is 38.2 Å². The highest BCUT2D eigenvalue weighted by Gasteiger charge is 2.32. The Morgan fingerprint density at radius 2 is 1.79 bits per heavy atom. The molecule has 0 radical (unpaired) electrons. The van der Waals surface area contributed by atoms with E-state index in [4.69, 9.17) is 0 Å². The van der Waals surface area contributed by atoms with E-state index in [2.05, 4.69) is 30.8 Å². The Morgan fingerprint density at radius 3 is 2.47 bits per heavy atom. The van der Waals surface area contributed by atoms with Gasteiger partial charge in [-0.3, -0.25) is 14.5 Å². The molecular weight excluding hydrogens is 449 g/mol. The maximum absolute atomic E-state index is 13.0. The molecule has 2 aliphatic rings. The largest absolute Gasteiger partial charge is 0.416 e. The van der Waals surface area contributed by atoms with Crippen LogP contribution in [0.3, 0.4) is 0 Å². The molecule has 34 heavy (non-hydrogen) atoms. The number of rotatable bonds is 7. The van der Waals surface area contributed by atoms with Gasteiger partial charge < -0.3 is 16.0 Å².